The smallest absolute Gasteiger partial charge is 0.335 e. The molecule has 1 fully saturated rings. The Hall–Kier alpha value is -4.84. The van der Waals surface area contributed by atoms with Gasteiger partial charge in [0.05, 0.1) is 28.8 Å². The minimum absolute atomic E-state index is 0.0172. The summed E-state index contributed by atoms with van der Waals surface area (Å²) in [6.07, 6.45) is 1.21. The minimum Gasteiger partial charge on any atom is -0.496 e. The third-order valence-electron chi connectivity index (χ3n) is 5.05. The number of anilines is 1. The van der Waals surface area contributed by atoms with Gasteiger partial charge in [0.25, 0.3) is 17.5 Å². The highest BCUT2D eigenvalue weighted by molar-refractivity contribution is 7.80. The number of aromatic carboxylic acids is 1. The third-order valence-corrected chi connectivity index (χ3v) is 5.33. The Labute approximate surface area is 202 Å². The number of hydrogen-bond donors (Lipinski definition) is 2. The highest BCUT2D eigenvalue weighted by Crippen LogP contribution is 2.35. The number of rotatable bonds is 6. The van der Waals surface area contributed by atoms with Crippen molar-refractivity contribution in [1.82, 2.24) is 5.32 Å². The van der Waals surface area contributed by atoms with Crippen LogP contribution in [-0.2, 0) is 9.59 Å². The van der Waals surface area contributed by atoms with E-state index in [2.05, 4.69) is 5.32 Å². The maximum Gasteiger partial charge on any atom is 0.335 e. The van der Waals surface area contributed by atoms with E-state index in [0.717, 1.165) is 4.90 Å². The number of methoxy groups -OCH3 is 1. The number of ether oxygens (including phenoxy) is 1. The molecule has 35 heavy (non-hydrogen) atoms. The maximum atomic E-state index is 13.1. The van der Waals surface area contributed by atoms with Gasteiger partial charge >= 0.3 is 5.97 Å². The Morgan fingerprint density at radius 1 is 1.17 bits per heavy atom. The topological polar surface area (TPSA) is 152 Å². The van der Waals surface area contributed by atoms with Crippen molar-refractivity contribution < 1.29 is 33.6 Å². The lowest BCUT2D eigenvalue weighted by atomic mass is 10.1. The van der Waals surface area contributed by atoms with E-state index in [1.165, 1.54) is 67.8 Å². The number of carbonyl (C=O) groups is 3. The average Bonchev–Trinajstić information content (AvgIpc) is 3.30. The molecular weight excluding hydrogens is 478 g/mol. The summed E-state index contributed by atoms with van der Waals surface area (Å²) >= 11 is 5.13. The maximum absolute atomic E-state index is 13.1. The molecule has 2 N–H and O–H groups in total. The van der Waals surface area contributed by atoms with Crippen molar-refractivity contribution >= 4 is 52.6 Å². The molecule has 176 valence electrons. The van der Waals surface area contributed by atoms with Gasteiger partial charge in [0, 0.05) is 12.1 Å². The summed E-state index contributed by atoms with van der Waals surface area (Å²) < 4.78 is 11.0. The Balaban J connectivity index is 1.68. The first-order valence-electron chi connectivity index (χ1n) is 9.87. The number of nitrogens with zero attached hydrogens (tertiary/aromatic N) is 2. The van der Waals surface area contributed by atoms with Crippen LogP contribution in [0, 0.1) is 10.1 Å². The summed E-state index contributed by atoms with van der Waals surface area (Å²) in [5, 5.41) is 22.5. The Bertz CT molecular complexity index is 1420. The standard InChI is InChI=1S/C23H15N3O8S/c1-33-18-8-6-14(26(31)32)10-16(18)19-9-7-15(34-19)11-17-20(27)24-23(35)25(21(17)28)13-4-2-12(3-5-13)22(29)30/h2-11H,1H3,(H,29,30)(H,24,27,35)/b17-11+. The van der Waals surface area contributed by atoms with Crippen LogP contribution in [0.1, 0.15) is 16.1 Å². The van der Waals surface area contributed by atoms with Gasteiger partial charge in [-0.2, -0.15) is 0 Å². The zero-order valence-electron chi connectivity index (χ0n) is 17.9. The summed E-state index contributed by atoms with van der Waals surface area (Å²) in [5.41, 5.74) is 0.137. The highest BCUT2D eigenvalue weighted by atomic mass is 32.1. The number of benzene rings is 2. The summed E-state index contributed by atoms with van der Waals surface area (Å²) in [6.45, 7) is 0. The molecule has 0 bridgehead atoms. The van der Waals surface area contributed by atoms with E-state index in [4.69, 9.17) is 26.5 Å². The molecule has 0 aliphatic carbocycles. The van der Waals surface area contributed by atoms with Crippen molar-refractivity contribution in [3.8, 4) is 17.1 Å². The number of hydrogen-bond acceptors (Lipinski definition) is 8. The lowest BCUT2D eigenvalue weighted by Gasteiger charge is -2.28. The molecular formula is C23H15N3O8S. The second-order valence-electron chi connectivity index (χ2n) is 7.15. The molecule has 2 amide bonds. The quantitative estimate of drug-likeness (QED) is 0.173. The molecule has 3 aromatic rings. The number of nitrogens with one attached hydrogen (secondary N) is 1. The number of non-ortho nitro benzene ring substituents is 1. The van der Waals surface area contributed by atoms with Crippen LogP contribution in [0.3, 0.4) is 0 Å². The number of carboxylic acid groups (broad SMARTS) is 1. The molecule has 2 aromatic carbocycles. The summed E-state index contributed by atoms with van der Waals surface area (Å²) in [5.74, 6) is -1.94. The minimum atomic E-state index is -1.13. The molecule has 0 unspecified atom stereocenters. The summed E-state index contributed by atoms with van der Waals surface area (Å²) in [6, 6.07) is 12.4. The fourth-order valence-corrected chi connectivity index (χ4v) is 3.65. The second-order valence-corrected chi connectivity index (χ2v) is 7.54. The Morgan fingerprint density at radius 2 is 1.89 bits per heavy atom. The monoisotopic (exact) mass is 493 g/mol. The molecule has 4 rings (SSSR count). The van der Waals surface area contributed by atoms with E-state index >= 15 is 0 Å². The van der Waals surface area contributed by atoms with Gasteiger partial charge in [0.1, 0.15) is 22.8 Å². The molecule has 1 aliphatic rings. The first-order valence-corrected chi connectivity index (χ1v) is 10.3. The van der Waals surface area contributed by atoms with Gasteiger partial charge in [-0.25, -0.2) is 4.79 Å². The van der Waals surface area contributed by atoms with E-state index in [1.807, 2.05) is 0 Å². The fraction of sp³-hybridized carbons (Fsp3) is 0.0435. The van der Waals surface area contributed by atoms with Gasteiger partial charge in [-0.3, -0.25) is 29.9 Å². The zero-order chi connectivity index (χ0) is 25.3. The van der Waals surface area contributed by atoms with Gasteiger partial charge in [0.2, 0.25) is 0 Å². The van der Waals surface area contributed by atoms with Crippen LogP contribution < -0.4 is 15.0 Å². The number of thiocarbonyl (C=S) groups is 1. The summed E-state index contributed by atoms with van der Waals surface area (Å²) in [7, 11) is 1.40. The second kappa shape index (κ2) is 9.19. The molecule has 1 saturated heterocycles. The molecule has 0 spiro atoms. The first kappa shape index (κ1) is 23.3. The average molecular weight is 493 g/mol. The van der Waals surface area contributed by atoms with Crippen molar-refractivity contribution in [2.24, 2.45) is 0 Å². The SMILES string of the molecule is COc1ccc([N+](=O)[O-])cc1-c1ccc(/C=C2\C(=O)NC(=S)N(c3ccc(C(=O)O)cc3)C2=O)o1. The number of carbonyl (C=O) groups excluding carboxylic acids is 2. The van der Waals surface area contributed by atoms with Crippen LogP contribution in [0.4, 0.5) is 11.4 Å². The van der Waals surface area contributed by atoms with Crippen LogP contribution in [0.2, 0.25) is 0 Å². The van der Waals surface area contributed by atoms with E-state index in [9.17, 15) is 24.5 Å². The Morgan fingerprint density at radius 3 is 2.51 bits per heavy atom. The molecule has 0 radical (unpaired) electrons. The summed E-state index contributed by atoms with van der Waals surface area (Å²) in [4.78, 5) is 48.4. The van der Waals surface area contributed by atoms with Gasteiger partial charge in [-0.15, -0.1) is 0 Å². The molecule has 11 nitrogen and oxygen atoms in total. The van der Waals surface area contributed by atoms with Crippen LogP contribution in [0.5, 0.6) is 5.75 Å². The van der Waals surface area contributed by atoms with Crippen molar-refractivity contribution in [3.05, 3.63) is 81.6 Å². The van der Waals surface area contributed by atoms with Gasteiger partial charge < -0.3 is 14.3 Å². The number of nitro benzene ring substituents is 1. The predicted octanol–water partition coefficient (Wildman–Crippen LogP) is 3.39. The Kier molecular flexibility index (Phi) is 6.12. The first-order chi connectivity index (χ1) is 16.7. The zero-order valence-corrected chi connectivity index (χ0v) is 18.7. The number of carboxylic acids is 1. The van der Waals surface area contributed by atoms with Crippen molar-refractivity contribution in [3.63, 3.8) is 0 Å². The van der Waals surface area contributed by atoms with E-state index in [0.29, 0.717) is 11.3 Å². The number of nitro groups is 1. The van der Waals surface area contributed by atoms with E-state index in [-0.39, 0.29) is 39.1 Å². The van der Waals surface area contributed by atoms with Crippen molar-refractivity contribution in [1.29, 1.82) is 0 Å². The van der Waals surface area contributed by atoms with E-state index < -0.39 is 22.7 Å². The van der Waals surface area contributed by atoms with Crippen LogP contribution in [-0.4, -0.2) is 40.0 Å². The van der Waals surface area contributed by atoms with Crippen molar-refractivity contribution in [2.45, 2.75) is 0 Å². The lowest BCUT2D eigenvalue weighted by Crippen LogP contribution is -2.54. The molecule has 1 aliphatic heterocycles. The van der Waals surface area contributed by atoms with Crippen molar-refractivity contribution in [2.75, 3.05) is 12.0 Å². The van der Waals surface area contributed by atoms with Crippen LogP contribution in [0.25, 0.3) is 17.4 Å². The molecule has 1 aromatic heterocycles. The van der Waals surface area contributed by atoms with E-state index in [1.54, 1.807) is 0 Å². The number of furan rings is 1. The fourth-order valence-electron chi connectivity index (χ4n) is 3.36. The van der Waals surface area contributed by atoms with Crippen LogP contribution >= 0.6 is 12.2 Å². The third kappa shape index (κ3) is 4.50. The largest absolute Gasteiger partial charge is 0.496 e. The molecule has 0 atom stereocenters. The molecule has 2 heterocycles. The number of amides is 2. The molecule has 12 heteroatoms. The van der Waals surface area contributed by atoms with Gasteiger partial charge in [-0.05, 0) is 60.8 Å². The lowest BCUT2D eigenvalue weighted by molar-refractivity contribution is -0.384. The molecule has 0 saturated carbocycles. The van der Waals surface area contributed by atoms with Gasteiger partial charge in [-0.1, -0.05) is 0 Å². The predicted molar refractivity (Wildman–Crippen MR) is 127 cm³/mol. The van der Waals surface area contributed by atoms with Crippen LogP contribution in [0.15, 0.2) is 64.6 Å². The highest BCUT2D eigenvalue weighted by Gasteiger charge is 2.35. The normalized spacial score (nSPS) is 14.7. The van der Waals surface area contributed by atoms with Gasteiger partial charge in [0.15, 0.2) is 5.11 Å².